The number of hydrogen-bond acceptors (Lipinski definition) is 1. The standard InChI is InChI=1S/C8H12O/c9-7-3-6-8-4-1-2-5-8/h1-2,6,9H,3-5,7H2. The summed E-state index contributed by atoms with van der Waals surface area (Å²) in [7, 11) is 0. The van der Waals surface area contributed by atoms with Crippen molar-refractivity contribution in [2.45, 2.75) is 19.3 Å². The number of aliphatic hydroxyl groups is 1. The molecule has 0 aliphatic heterocycles. The van der Waals surface area contributed by atoms with E-state index >= 15 is 0 Å². The maximum absolute atomic E-state index is 8.46. The van der Waals surface area contributed by atoms with Crippen LogP contribution < -0.4 is 0 Å². The highest BCUT2D eigenvalue weighted by molar-refractivity contribution is 5.17. The van der Waals surface area contributed by atoms with Crippen molar-refractivity contribution in [1.29, 1.82) is 0 Å². The molecule has 0 amide bonds. The number of rotatable bonds is 2. The predicted octanol–water partition coefficient (Wildman–Crippen LogP) is 1.65. The maximum Gasteiger partial charge on any atom is 0.0465 e. The highest BCUT2D eigenvalue weighted by Crippen LogP contribution is 2.16. The zero-order valence-electron chi connectivity index (χ0n) is 5.51. The molecule has 0 aromatic heterocycles. The molecule has 1 N–H and O–H groups in total. The second-order valence-electron chi connectivity index (χ2n) is 2.25. The quantitative estimate of drug-likeness (QED) is 0.555. The topological polar surface area (TPSA) is 20.2 Å². The van der Waals surface area contributed by atoms with Gasteiger partial charge >= 0.3 is 0 Å². The van der Waals surface area contributed by atoms with E-state index in [9.17, 15) is 0 Å². The van der Waals surface area contributed by atoms with Crippen LogP contribution in [0.2, 0.25) is 0 Å². The van der Waals surface area contributed by atoms with Gasteiger partial charge in [0.1, 0.15) is 0 Å². The largest absolute Gasteiger partial charge is 0.396 e. The van der Waals surface area contributed by atoms with Crippen molar-refractivity contribution in [2.75, 3.05) is 6.61 Å². The lowest BCUT2D eigenvalue weighted by Crippen LogP contribution is -1.79. The second-order valence-corrected chi connectivity index (χ2v) is 2.25. The van der Waals surface area contributed by atoms with Gasteiger partial charge in [-0.15, -0.1) is 0 Å². The minimum atomic E-state index is 0.281. The van der Waals surface area contributed by atoms with E-state index in [4.69, 9.17) is 5.11 Å². The molecule has 1 heteroatoms. The van der Waals surface area contributed by atoms with Gasteiger partial charge in [0.25, 0.3) is 0 Å². The van der Waals surface area contributed by atoms with Crippen molar-refractivity contribution in [3.8, 4) is 0 Å². The first-order chi connectivity index (χ1) is 4.43. The van der Waals surface area contributed by atoms with Crippen molar-refractivity contribution < 1.29 is 5.11 Å². The smallest absolute Gasteiger partial charge is 0.0465 e. The molecule has 0 saturated carbocycles. The maximum atomic E-state index is 8.46. The molecule has 9 heavy (non-hydrogen) atoms. The molecule has 0 atom stereocenters. The van der Waals surface area contributed by atoms with E-state index in [1.54, 1.807) is 0 Å². The van der Waals surface area contributed by atoms with Crippen LogP contribution in [-0.4, -0.2) is 11.7 Å². The van der Waals surface area contributed by atoms with Gasteiger partial charge in [0, 0.05) is 6.61 Å². The van der Waals surface area contributed by atoms with Crippen LogP contribution in [0.5, 0.6) is 0 Å². The van der Waals surface area contributed by atoms with Gasteiger partial charge in [0.05, 0.1) is 0 Å². The Balaban J connectivity index is 2.26. The van der Waals surface area contributed by atoms with E-state index < -0.39 is 0 Å². The van der Waals surface area contributed by atoms with Crippen LogP contribution in [0, 0.1) is 0 Å². The molecule has 1 rings (SSSR count). The molecule has 1 nitrogen and oxygen atoms in total. The summed E-state index contributed by atoms with van der Waals surface area (Å²) in [6.07, 6.45) is 9.48. The molecular formula is C8H12O. The number of aliphatic hydroxyl groups excluding tert-OH is 1. The highest BCUT2D eigenvalue weighted by atomic mass is 16.2. The Morgan fingerprint density at radius 3 is 2.67 bits per heavy atom. The fraction of sp³-hybridized carbons (Fsp3) is 0.500. The van der Waals surface area contributed by atoms with Gasteiger partial charge < -0.3 is 5.11 Å². The van der Waals surface area contributed by atoms with Crippen LogP contribution in [0.15, 0.2) is 23.8 Å². The number of allylic oxidation sites excluding steroid dienone is 3. The van der Waals surface area contributed by atoms with Gasteiger partial charge in [0.2, 0.25) is 0 Å². The predicted molar refractivity (Wildman–Crippen MR) is 38.2 cm³/mol. The Bertz CT molecular complexity index is 124. The Morgan fingerprint density at radius 1 is 1.44 bits per heavy atom. The molecule has 0 fully saturated rings. The second kappa shape index (κ2) is 3.46. The van der Waals surface area contributed by atoms with Crippen LogP contribution >= 0.6 is 0 Å². The van der Waals surface area contributed by atoms with Crippen LogP contribution in [0.3, 0.4) is 0 Å². The molecule has 0 saturated heterocycles. The molecule has 0 radical (unpaired) electrons. The Labute approximate surface area is 55.7 Å². The normalized spacial score (nSPS) is 16.8. The summed E-state index contributed by atoms with van der Waals surface area (Å²) in [5, 5.41) is 8.46. The summed E-state index contributed by atoms with van der Waals surface area (Å²) in [6, 6.07) is 0. The first-order valence-corrected chi connectivity index (χ1v) is 3.37. The van der Waals surface area contributed by atoms with Crippen molar-refractivity contribution in [3.05, 3.63) is 23.8 Å². The lowest BCUT2D eigenvalue weighted by atomic mass is 10.2. The summed E-state index contributed by atoms with van der Waals surface area (Å²) in [4.78, 5) is 0. The first-order valence-electron chi connectivity index (χ1n) is 3.37. The first kappa shape index (κ1) is 6.56. The van der Waals surface area contributed by atoms with E-state index in [0.29, 0.717) is 0 Å². The summed E-state index contributed by atoms with van der Waals surface area (Å²) in [6.45, 7) is 0.281. The fourth-order valence-electron chi connectivity index (χ4n) is 0.988. The third-order valence-corrected chi connectivity index (χ3v) is 1.49. The lowest BCUT2D eigenvalue weighted by molar-refractivity contribution is 0.302. The van der Waals surface area contributed by atoms with Gasteiger partial charge in [-0.1, -0.05) is 23.8 Å². The molecule has 0 heterocycles. The molecular weight excluding hydrogens is 112 g/mol. The molecule has 0 bridgehead atoms. The highest BCUT2D eigenvalue weighted by Gasteiger charge is 1.96. The molecule has 0 spiro atoms. The van der Waals surface area contributed by atoms with E-state index in [-0.39, 0.29) is 6.61 Å². The minimum absolute atomic E-state index is 0.281. The van der Waals surface area contributed by atoms with Gasteiger partial charge in [-0.2, -0.15) is 0 Å². The average Bonchev–Trinajstić information content (AvgIpc) is 2.34. The molecule has 0 aromatic carbocycles. The zero-order chi connectivity index (χ0) is 6.53. The number of hydrogen-bond donors (Lipinski definition) is 1. The van der Waals surface area contributed by atoms with Gasteiger partial charge in [-0.25, -0.2) is 0 Å². The lowest BCUT2D eigenvalue weighted by Gasteiger charge is -1.91. The van der Waals surface area contributed by atoms with Gasteiger partial charge in [-0.3, -0.25) is 0 Å². The molecule has 0 aromatic rings. The molecule has 1 aliphatic carbocycles. The summed E-state index contributed by atoms with van der Waals surface area (Å²) in [5.41, 5.74) is 1.45. The van der Waals surface area contributed by atoms with E-state index in [0.717, 1.165) is 19.3 Å². The zero-order valence-corrected chi connectivity index (χ0v) is 5.51. The van der Waals surface area contributed by atoms with Crippen LogP contribution in [-0.2, 0) is 0 Å². The van der Waals surface area contributed by atoms with Crippen molar-refractivity contribution in [1.82, 2.24) is 0 Å². The molecule has 50 valence electrons. The van der Waals surface area contributed by atoms with Crippen LogP contribution in [0.1, 0.15) is 19.3 Å². The van der Waals surface area contributed by atoms with E-state index in [2.05, 4.69) is 18.2 Å². The SMILES string of the molecule is OCCC=C1CC=CC1. The Hall–Kier alpha value is -0.560. The van der Waals surface area contributed by atoms with Crippen molar-refractivity contribution in [2.24, 2.45) is 0 Å². The molecule has 0 unspecified atom stereocenters. The summed E-state index contributed by atoms with van der Waals surface area (Å²) in [5.74, 6) is 0. The Morgan fingerprint density at radius 2 is 2.11 bits per heavy atom. The Kier molecular flexibility index (Phi) is 2.52. The van der Waals surface area contributed by atoms with Crippen molar-refractivity contribution in [3.63, 3.8) is 0 Å². The summed E-state index contributed by atoms with van der Waals surface area (Å²) < 4.78 is 0. The summed E-state index contributed by atoms with van der Waals surface area (Å²) >= 11 is 0. The third kappa shape index (κ3) is 2.02. The van der Waals surface area contributed by atoms with Gasteiger partial charge in [-0.05, 0) is 19.3 Å². The van der Waals surface area contributed by atoms with E-state index in [1.165, 1.54) is 5.57 Å². The fourth-order valence-corrected chi connectivity index (χ4v) is 0.988. The third-order valence-electron chi connectivity index (χ3n) is 1.49. The monoisotopic (exact) mass is 124 g/mol. The minimum Gasteiger partial charge on any atom is -0.396 e. The van der Waals surface area contributed by atoms with Crippen molar-refractivity contribution >= 4 is 0 Å². The molecule has 1 aliphatic rings. The van der Waals surface area contributed by atoms with Gasteiger partial charge in [0.15, 0.2) is 0 Å². The van der Waals surface area contributed by atoms with Crippen LogP contribution in [0.4, 0.5) is 0 Å². The average molecular weight is 124 g/mol. The van der Waals surface area contributed by atoms with E-state index in [1.807, 2.05) is 0 Å². The van der Waals surface area contributed by atoms with Crippen LogP contribution in [0.25, 0.3) is 0 Å².